The summed E-state index contributed by atoms with van der Waals surface area (Å²) in [6.45, 7) is 7.74. The second-order valence-corrected chi connectivity index (χ2v) is 6.17. The van der Waals surface area contributed by atoms with Crippen molar-refractivity contribution >= 4 is 5.91 Å². The van der Waals surface area contributed by atoms with Gasteiger partial charge >= 0.3 is 0 Å². The van der Waals surface area contributed by atoms with Crippen LogP contribution in [0.1, 0.15) is 60.4 Å². The average molecular weight is 320 g/mol. The highest BCUT2D eigenvalue weighted by atomic mass is 16.3. The Labute approximate surface area is 138 Å². The number of piperidine rings is 1. The molecule has 0 atom stereocenters. The zero-order chi connectivity index (χ0) is 16.7. The Hall–Kier alpha value is -1.53. The van der Waals surface area contributed by atoms with E-state index in [1.54, 1.807) is 6.20 Å². The van der Waals surface area contributed by atoms with Crippen LogP contribution in [0.4, 0.5) is 0 Å². The van der Waals surface area contributed by atoms with Crippen molar-refractivity contribution in [1.82, 2.24) is 20.2 Å². The van der Waals surface area contributed by atoms with E-state index in [4.69, 9.17) is 5.11 Å². The minimum atomic E-state index is -0.0652. The molecule has 0 spiro atoms. The van der Waals surface area contributed by atoms with Crippen LogP contribution in [-0.2, 0) is 0 Å². The molecule has 128 valence electrons. The number of nitrogens with zero attached hydrogens (tertiary/aromatic N) is 3. The average Bonchev–Trinajstić information content (AvgIpc) is 2.58. The van der Waals surface area contributed by atoms with Gasteiger partial charge in [-0.3, -0.25) is 4.79 Å². The molecule has 1 aliphatic rings. The number of carbonyl (C=O) groups is 1. The van der Waals surface area contributed by atoms with E-state index in [0.717, 1.165) is 56.8 Å². The summed E-state index contributed by atoms with van der Waals surface area (Å²) in [4.78, 5) is 23.5. The van der Waals surface area contributed by atoms with E-state index in [9.17, 15) is 4.79 Å². The lowest BCUT2D eigenvalue weighted by atomic mass is 9.90. The Bertz CT molecular complexity index is 513. The number of aryl methyl sites for hydroxylation is 1. The summed E-state index contributed by atoms with van der Waals surface area (Å²) in [5.41, 5.74) is 1.52. The molecule has 1 aromatic heterocycles. The van der Waals surface area contributed by atoms with Crippen LogP contribution in [0.3, 0.4) is 0 Å². The number of likely N-dealkylation sites (tertiary alicyclic amines) is 1. The first-order valence-electron chi connectivity index (χ1n) is 8.60. The van der Waals surface area contributed by atoms with E-state index in [-0.39, 0.29) is 12.5 Å². The third kappa shape index (κ3) is 4.97. The van der Waals surface area contributed by atoms with Crippen molar-refractivity contribution in [2.45, 2.75) is 45.4 Å². The largest absolute Gasteiger partial charge is 0.396 e. The van der Waals surface area contributed by atoms with Crippen LogP contribution in [0.25, 0.3) is 0 Å². The predicted molar refractivity (Wildman–Crippen MR) is 89.5 cm³/mol. The second kappa shape index (κ2) is 8.93. The molecule has 0 aromatic carbocycles. The highest BCUT2D eigenvalue weighted by molar-refractivity contribution is 5.95. The molecule has 1 saturated heterocycles. The first-order chi connectivity index (χ1) is 11.2. The molecule has 0 radical (unpaired) electrons. The highest BCUT2D eigenvalue weighted by Crippen LogP contribution is 2.29. The molecule has 0 unspecified atom stereocenters. The first kappa shape index (κ1) is 17.8. The van der Waals surface area contributed by atoms with E-state index in [0.29, 0.717) is 18.0 Å². The molecule has 2 rings (SSSR count). The number of amides is 1. The van der Waals surface area contributed by atoms with Gasteiger partial charge in [0.25, 0.3) is 5.91 Å². The van der Waals surface area contributed by atoms with Gasteiger partial charge in [-0.05, 0) is 45.7 Å². The number of nitrogens with one attached hydrogen (secondary N) is 1. The molecule has 0 aliphatic carbocycles. The van der Waals surface area contributed by atoms with Gasteiger partial charge in [0, 0.05) is 31.8 Å². The number of hydrogen-bond donors (Lipinski definition) is 2. The lowest BCUT2D eigenvalue weighted by molar-refractivity contribution is 0.0950. The smallest absolute Gasteiger partial charge is 0.254 e. The summed E-state index contributed by atoms with van der Waals surface area (Å²) in [5.74, 6) is 0.962. The predicted octanol–water partition coefficient (Wildman–Crippen LogP) is 1.49. The number of aliphatic hydroxyl groups is 1. The fourth-order valence-electron chi connectivity index (χ4n) is 3.03. The van der Waals surface area contributed by atoms with Crippen molar-refractivity contribution in [2.75, 3.05) is 32.8 Å². The zero-order valence-corrected chi connectivity index (χ0v) is 14.2. The van der Waals surface area contributed by atoms with Gasteiger partial charge in [-0.25, -0.2) is 9.97 Å². The van der Waals surface area contributed by atoms with Crippen LogP contribution in [0.2, 0.25) is 0 Å². The van der Waals surface area contributed by atoms with E-state index in [1.165, 1.54) is 0 Å². The summed E-state index contributed by atoms with van der Waals surface area (Å²) in [6.07, 6.45) is 5.39. The van der Waals surface area contributed by atoms with Gasteiger partial charge < -0.3 is 15.3 Å². The molecule has 2 heterocycles. The van der Waals surface area contributed by atoms with Crippen LogP contribution >= 0.6 is 0 Å². The first-order valence-corrected chi connectivity index (χ1v) is 8.60. The standard InChI is InChI=1S/C17H28N4O2/c1-3-7-18-17(23)15-12-19-13(2)20-16(15)14-5-9-21(10-6-14)8-4-11-22/h12,14,22H,3-11H2,1-2H3,(H,18,23). The Balaban J connectivity index is 2.07. The molecular weight excluding hydrogens is 292 g/mol. The number of rotatable bonds is 7. The van der Waals surface area contributed by atoms with E-state index >= 15 is 0 Å². The minimum absolute atomic E-state index is 0.0652. The maximum absolute atomic E-state index is 12.4. The number of carbonyl (C=O) groups excluding carboxylic acids is 1. The normalized spacial score (nSPS) is 16.5. The van der Waals surface area contributed by atoms with Gasteiger partial charge in [0.05, 0.1) is 11.3 Å². The summed E-state index contributed by atoms with van der Waals surface area (Å²) in [6, 6.07) is 0. The van der Waals surface area contributed by atoms with E-state index in [2.05, 4.69) is 20.2 Å². The maximum Gasteiger partial charge on any atom is 0.254 e. The van der Waals surface area contributed by atoms with Crippen LogP contribution in [0.15, 0.2) is 6.20 Å². The molecular formula is C17H28N4O2. The molecule has 1 aromatic rings. The maximum atomic E-state index is 12.4. The SMILES string of the molecule is CCCNC(=O)c1cnc(C)nc1C1CCN(CCCO)CC1. The summed E-state index contributed by atoms with van der Waals surface area (Å²) in [7, 11) is 0. The second-order valence-electron chi connectivity index (χ2n) is 6.17. The molecule has 6 heteroatoms. The monoisotopic (exact) mass is 320 g/mol. The lowest BCUT2D eigenvalue weighted by Crippen LogP contribution is -2.35. The van der Waals surface area contributed by atoms with Crippen molar-refractivity contribution in [3.63, 3.8) is 0 Å². The Kier molecular flexibility index (Phi) is 6.92. The molecule has 1 amide bonds. The molecule has 0 bridgehead atoms. The molecule has 1 aliphatic heterocycles. The van der Waals surface area contributed by atoms with E-state index in [1.807, 2.05) is 13.8 Å². The van der Waals surface area contributed by atoms with Crippen molar-refractivity contribution < 1.29 is 9.90 Å². The highest BCUT2D eigenvalue weighted by Gasteiger charge is 2.26. The third-order valence-corrected chi connectivity index (χ3v) is 4.33. The van der Waals surface area contributed by atoms with Gasteiger partial charge in [-0.2, -0.15) is 0 Å². The quantitative estimate of drug-likeness (QED) is 0.796. The van der Waals surface area contributed by atoms with Crippen molar-refractivity contribution in [3.05, 3.63) is 23.3 Å². The summed E-state index contributed by atoms with van der Waals surface area (Å²) >= 11 is 0. The number of hydrogen-bond acceptors (Lipinski definition) is 5. The fraction of sp³-hybridized carbons (Fsp3) is 0.706. The van der Waals surface area contributed by atoms with Gasteiger partial charge in [-0.1, -0.05) is 6.92 Å². The van der Waals surface area contributed by atoms with Gasteiger partial charge in [-0.15, -0.1) is 0 Å². The van der Waals surface area contributed by atoms with Crippen LogP contribution in [0.5, 0.6) is 0 Å². The fourth-order valence-corrected chi connectivity index (χ4v) is 3.03. The molecule has 0 saturated carbocycles. The van der Waals surface area contributed by atoms with Crippen molar-refractivity contribution in [2.24, 2.45) is 0 Å². The van der Waals surface area contributed by atoms with Gasteiger partial charge in [0.2, 0.25) is 0 Å². The number of aromatic nitrogens is 2. The Morgan fingerprint density at radius 1 is 1.43 bits per heavy atom. The van der Waals surface area contributed by atoms with Crippen LogP contribution in [0, 0.1) is 6.92 Å². The van der Waals surface area contributed by atoms with Crippen molar-refractivity contribution in [3.8, 4) is 0 Å². The van der Waals surface area contributed by atoms with Gasteiger partial charge in [0.1, 0.15) is 5.82 Å². The van der Waals surface area contributed by atoms with E-state index < -0.39 is 0 Å². The zero-order valence-electron chi connectivity index (χ0n) is 14.2. The number of aliphatic hydroxyl groups excluding tert-OH is 1. The molecule has 6 nitrogen and oxygen atoms in total. The Morgan fingerprint density at radius 2 is 2.17 bits per heavy atom. The lowest BCUT2D eigenvalue weighted by Gasteiger charge is -2.32. The summed E-state index contributed by atoms with van der Waals surface area (Å²) < 4.78 is 0. The van der Waals surface area contributed by atoms with Crippen LogP contribution in [-0.4, -0.2) is 58.7 Å². The van der Waals surface area contributed by atoms with Crippen molar-refractivity contribution in [1.29, 1.82) is 0 Å². The third-order valence-electron chi connectivity index (χ3n) is 4.33. The summed E-state index contributed by atoms with van der Waals surface area (Å²) in [5, 5.41) is 11.9. The minimum Gasteiger partial charge on any atom is -0.396 e. The topological polar surface area (TPSA) is 78.4 Å². The Morgan fingerprint density at radius 3 is 2.83 bits per heavy atom. The molecule has 2 N–H and O–H groups in total. The molecule has 23 heavy (non-hydrogen) atoms. The van der Waals surface area contributed by atoms with Gasteiger partial charge in [0.15, 0.2) is 0 Å². The molecule has 1 fully saturated rings. The van der Waals surface area contributed by atoms with Crippen LogP contribution < -0.4 is 5.32 Å².